The van der Waals surface area contributed by atoms with Gasteiger partial charge in [-0.1, -0.05) is 53.0 Å². The van der Waals surface area contributed by atoms with Crippen LogP contribution in [0.2, 0.25) is 0 Å². The van der Waals surface area contributed by atoms with E-state index in [1.54, 1.807) is 36.9 Å². The number of nitrogens with zero attached hydrogens (tertiary/aromatic N) is 2. The Hall–Kier alpha value is -2.35. The summed E-state index contributed by atoms with van der Waals surface area (Å²) in [5, 5.41) is 5.39. The number of hydrogen-bond acceptors (Lipinski definition) is 4. The zero-order valence-corrected chi connectivity index (χ0v) is 17.2. The quantitative estimate of drug-likeness (QED) is 0.466. The third-order valence-electron chi connectivity index (χ3n) is 4.19. The molecule has 0 aliphatic heterocycles. The first-order valence-corrected chi connectivity index (χ1v) is 9.35. The average Bonchev–Trinajstić information content (AvgIpc) is 3.25. The molecule has 2 N–H and O–H groups in total. The maximum absolute atomic E-state index is 13.0. The molecular formula is C18H17Cl3N4O3. The molecule has 7 nitrogen and oxygen atoms in total. The summed E-state index contributed by atoms with van der Waals surface area (Å²) in [6.07, 6.45) is 0.167. The van der Waals surface area contributed by atoms with Crippen LogP contribution in [0, 0.1) is 6.92 Å². The largest absolute Gasteiger partial charge is 0.459 e. The van der Waals surface area contributed by atoms with Gasteiger partial charge in [0.2, 0.25) is 3.79 Å². The van der Waals surface area contributed by atoms with Gasteiger partial charge in [0, 0.05) is 7.05 Å². The van der Waals surface area contributed by atoms with Gasteiger partial charge in [0.15, 0.2) is 5.76 Å². The number of halogens is 3. The van der Waals surface area contributed by atoms with E-state index in [0.717, 1.165) is 0 Å². The standard InChI is InChI=1S/C18H17Cl3N4O3/c1-11-14(16(27)25(24(11)2)12-7-4-3-5-8-12)22-17(18(19,20)21)23-15(26)13-9-6-10-28-13/h3-10,17,22H,1-2H3,(H,23,26)/t17-/m0/s1. The van der Waals surface area contributed by atoms with Gasteiger partial charge >= 0.3 is 0 Å². The highest BCUT2D eigenvalue weighted by Crippen LogP contribution is 2.31. The zero-order chi connectivity index (χ0) is 20.5. The first kappa shape index (κ1) is 20.4. The molecule has 1 atom stereocenters. The first-order valence-electron chi connectivity index (χ1n) is 8.22. The van der Waals surface area contributed by atoms with Gasteiger partial charge in [0.05, 0.1) is 17.6 Å². The summed E-state index contributed by atoms with van der Waals surface area (Å²) in [7, 11) is 1.74. The van der Waals surface area contributed by atoms with Crippen LogP contribution in [-0.2, 0) is 7.05 Å². The zero-order valence-electron chi connectivity index (χ0n) is 14.9. The third-order valence-corrected chi connectivity index (χ3v) is 4.85. The van der Waals surface area contributed by atoms with Crippen LogP contribution < -0.4 is 16.2 Å². The number of aromatic nitrogens is 2. The molecule has 0 aliphatic rings. The van der Waals surface area contributed by atoms with E-state index < -0.39 is 15.9 Å². The van der Waals surface area contributed by atoms with Crippen molar-refractivity contribution in [2.45, 2.75) is 16.9 Å². The number of anilines is 1. The van der Waals surface area contributed by atoms with Crippen LogP contribution in [-0.4, -0.2) is 25.2 Å². The second kappa shape index (κ2) is 7.95. The summed E-state index contributed by atoms with van der Waals surface area (Å²) in [6, 6.07) is 12.1. The van der Waals surface area contributed by atoms with E-state index in [2.05, 4.69) is 10.6 Å². The molecule has 3 aromatic rings. The Balaban J connectivity index is 1.96. The van der Waals surface area contributed by atoms with E-state index >= 15 is 0 Å². The smallest absolute Gasteiger partial charge is 0.295 e. The van der Waals surface area contributed by atoms with E-state index in [1.165, 1.54) is 17.0 Å². The Morgan fingerprint density at radius 3 is 2.39 bits per heavy atom. The van der Waals surface area contributed by atoms with Gasteiger partial charge in [0.1, 0.15) is 11.9 Å². The molecule has 1 amide bonds. The lowest BCUT2D eigenvalue weighted by molar-refractivity contribution is 0.0914. The minimum Gasteiger partial charge on any atom is -0.459 e. The number of carbonyl (C=O) groups is 1. The molecule has 148 valence electrons. The van der Waals surface area contributed by atoms with Crippen molar-refractivity contribution in [3.63, 3.8) is 0 Å². The summed E-state index contributed by atoms with van der Waals surface area (Å²) < 4.78 is 6.26. The van der Waals surface area contributed by atoms with Gasteiger partial charge < -0.3 is 15.1 Å². The van der Waals surface area contributed by atoms with Crippen molar-refractivity contribution < 1.29 is 9.21 Å². The van der Waals surface area contributed by atoms with Crippen LogP contribution in [0.25, 0.3) is 5.69 Å². The Labute approximate surface area is 175 Å². The maximum Gasteiger partial charge on any atom is 0.295 e. The second-order valence-electron chi connectivity index (χ2n) is 6.01. The number of amides is 1. The lowest BCUT2D eigenvalue weighted by Crippen LogP contribution is -2.49. The molecule has 0 aliphatic carbocycles. The molecular weight excluding hydrogens is 427 g/mol. The van der Waals surface area contributed by atoms with E-state index in [-0.39, 0.29) is 17.0 Å². The van der Waals surface area contributed by atoms with Gasteiger partial charge in [-0.05, 0) is 31.2 Å². The summed E-state index contributed by atoms with van der Waals surface area (Å²) in [6.45, 7) is 1.74. The molecule has 0 unspecified atom stereocenters. The van der Waals surface area contributed by atoms with Crippen molar-refractivity contribution >= 4 is 46.4 Å². The molecule has 0 radical (unpaired) electrons. The fraction of sp³-hybridized carbons (Fsp3) is 0.222. The molecule has 0 fully saturated rings. The highest BCUT2D eigenvalue weighted by atomic mass is 35.6. The number of rotatable bonds is 5. The molecule has 0 spiro atoms. The number of nitrogens with one attached hydrogen (secondary N) is 2. The van der Waals surface area contributed by atoms with E-state index in [4.69, 9.17) is 39.2 Å². The summed E-state index contributed by atoms with van der Waals surface area (Å²) in [4.78, 5) is 25.3. The molecule has 28 heavy (non-hydrogen) atoms. The van der Waals surface area contributed by atoms with Gasteiger partial charge in [-0.25, -0.2) is 4.68 Å². The lowest BCUT2D eigenvalue weighted by Gasteiger charge is -2.26. The van der Waals surface area contributed by atoms with Crippen LogP contribution in [0.4, 0.5) is 5.69 Å². The molecule has 2 aromatic heterocycles. The lowest BCUT2D eigenvalue weighted by atomic mass is 10.3. The molecule has 1 aromatic carbocycles. The van der Waals surface area contributed by atoms with Crippen molar-refractivity contribution in [1.29, 1.82) is 0 Å². The van der Waals surface area contributed by atoms with E-state index in [0.29, 0.717) is 11.4 Å². The maximum atomic E-state index is 13.0. The summed E-state index contributed by atoms with van der Waals surface area (Å²) in [5.41, 5.74) is 1.12. The Kier molecular flexibility index (Phi) is 5.79. The summed E-state index contributed by atoms with van der Waals surface area (Å²) >= 11 is 18.1. The monoisotopic (exact) mass is 442 g/mol. The van der Waals surface area contributed by atoms with Crippen LogP contribution in [0.1, 0.15) is 16.2 Å². The summed E-state index contributed by atoms with van der Waals surface area (Å²) in [5.74, 6) is -0.543. The molecule has 3 rings (SSSR count). The molecule has 10 heteroatoms. The molecule has 0 saturated heterocycles. The van der Waals surface area contributed by atoms with Crippen LogP contribution in [0.5, 0.6) is 0 Å². The van der Waals surface area contributed by atoms with Crippen molar-refractivity contribution in [1.82, 2.24) is 14.7 Å². The van der Waals surface area contributed by atoms with Crippen LogP contribution >= 0.6 is 34.8 Å². The molecule has 2 heterocycles. The number of hydrogen-bond donors (Lipinski definition) is 2. The van der Waals surface area contributed by atoms with Gasteiger partial charge in [0.25, 0.3) is 11.5 Å². The highest BCUT2D eigenvalue weighted by Gasteiger charge is 2.36. The van der Waals surface area contributed by atoms with E-state index in [1.807, 2.05) is 18.2 Å². The normalized spacial score (nSPS) is 12.6. The van der Waals surface area contributed by atoms with Crippen molar-refractivity contribution in [3.8, 4) is 5.69 Å². The number of alkyl halides is 3. The van der Waals surface area contributed by atoms with E-state index in [9.17, 15) is 9.59 Å². The fourth-order valence-electron chi connectivity index (χ4n) is 2.69. The van der Waals surface area contributed by atoms with Crippen LogP contribution in [0.3, 0.4) is 0 Å². The first-order chi connectivity index (χ1) is 13.2. The van der Waals surface area contributed by atoms with Crippen molar-refractivity contribution in [2.75, 3.05) is 5.32 Å². The van der Waals surface area contributed by atoms with Gasteiger partial charge in [-0.15, -0.1) is 0 Å². The number of para-hydroxylation sites is 1. The number of carbonyl (C=O) groups excluding carboxylic acids is 1. The highest BCUT2D eigenvalue weighted by molar-refractivity contribution is 6.68. The predicted molar refractivity (Wildman–Crippen MR) is 110 cm³/mol. The predicted octanol–water partition coefficient (Wildman–Crippen LogP) is 3.62. The average molecular weight is 444 g/mol. The Morgan fingerprint density at radius 2 is 1.82 bits per heavy atom. The van der Waals surface area contributed by atoms with Crippen molar-refractivity contribution in [2.24, 2.45) is 7.05 Å². The van der Waals surface area contributed by atoms with Crippen LogP contribution in [0.15, 0.2) is 57.9 Å². The fourth-order valence-corrected chi connectivity index (χ4v) is 3.02. The van der Waals surface area contributed by atoms with Gasteiger partial charge in [-0.3, -0.25) is 14.3 Å². The minimum atomic E-state index is -1.94. The Bertz CT molecular complexity index is 1020. The third kappa shape index (κ3) is 4.06. The number of furan rings is 1. The van der Waals surface area contributed by atoms with Crippen molar-refractivity contribution in [3.05, 3.63) is 70.5 Å². The minimum absolute atomic E-state index is 0.0486. The topological polar surface area (TPSA) is 81.2 Å². The Morgan fingerprint density at radius 1 is 1.14 bits per heavy atom. The molecule has 0 saturated carbocycles. The SMILES string of the molecule is Cc1c(N[C@@H](NC(=O)c2ccco2)C(Cl)(Cl)Cl)c(=O)n(-c2ccccc2)n1C. The molecule has 0 bridgehead atoms. The van der Waals surface area contributed by atoms with Gasteiger partial charge in [-0.2, -0.15) is 0 Å². The second-order valence-corrected chi connectivity index (χ2v) is 8.38. The number of benzene rings is 1.